The lowest BCUT2D eigenvalue weighted by atomic mass is 9.81. The Labute approximate surface area is 211 Å². The molecule has 0 unspecified atom stereocenters. The first-order valence-corrected chi connectivity index (χ1v) is 13.5. The lowest BCUT2D eigenvalue weighted by molar-refractivity contribution is 0.0467. The van der Waals surface area contributed by atoms with Crippen LogP contribution < -0.4 is 10.6 Å². The summed E-state index contributed by atoms with van der Waals surface area (Å²) in [6.45, 7) is 4.12. The van der Waals surface area contributed by atoms with Crippen molar-refractivity contribution < 1.29 is 14.3 Å². The molecule has 0 spiro atoms. The molecule has 3 rings (SSSR count). The fraction of sp³-hybridized carbons (Fsp3) is 0.741. The standard InChI is InChI=1S/C27H44ClN3O3/c1-29-18-25(16-21-8-4-3-5-9-21)30-27(32)31-13-7-11-23(19-31)26(20-34-15-14-33-2)22-10-6-12-24(28)17-22/h6,10,12,17,21,23,25-26,29H,3-5,7-9,11,13-16,18-20H2,1-2H3,(H,30,32)/t23-,25+,26+/m1/s1. The van der Waals surface area contributed by atoms with Crippen LogP contribution in [0.3, 0.4) is 0 Å². The Morgan fingerprint density at radius 1 is 1.18 bits per heavy atom. The molecule has 1 aliphatic heterocycles. The molecule has 7 heteroatoms. The van der Waals surface area contributed by atoms with Gasteiger partial charge in [0.25, 0.3) is 0 Å². The maximum atomic E-state index is 13.3. The number of nitrogens with zero attached hydrogens (tertiary/aromatic N) is 1. The van der Waals surface area contributed by atoms with Gasteiger partial charge >= 0.3 is 6.03 Å². The van der Waals surface area contributed by atoms with E-state index in [1.54, 1.807) is 7.11 Å². The van der Waals surface area contributed by atoms with Crippen molar-refractivity contribution in [3.05, 3.63) is 34.9 Å². The third-order valence-corrected chi connectivity index (χ3v) is 7.68. The highest BCUT2D eigenvalue weighted by Crippen LogP contribution is 2.33. The molecule has 1 aliphatic carbocycles. The second-order valence-electron chi connectivity index (χ2n) is 10.0. The zero-order valence-corrected chi connectivity index (χ0v) is 21.8. The number of piperidine rings is 1. The monoisotopic (exact) mass is 493 g/mol. The number of likely N-dealkylation sites (tertiary alicyclic amines) is 1. The van der Waals surface area contributed by atoms with Gasteiger partial charge in [-0.2, -0.15) is 0 Å². The lowest BCUT2D eigenvalue weighted by Crippen LogP contribution is -2.52. The highest BCUT2D eigenvalue weighted by atomic mass is 35.5. The number of nitrogens with one attached hydrogen (secondary N) is 2. The molecular formula is C27H44ClN3O3. The number of carbonyl (C=O) groups is 1. The van der Waals surface area contributed by atoms with Crippen LogP contribution in [-0.2, 0) is 9.47 Å². The van der Waals surface area contributed by atoms with Crippen molar-refractivity contribution in [3.8, 4) is 0 Å². The molecule has 2 aliphatic rings. The molecule has 34 heavy (non-hydrogen) atoms. The SMILES string of the molecule is CNC[C@H](CC1CCCCC1)NC(=O)N1CCC[C@@H]([C@@H](COCCOC)c2cccc(Cl)c2)C1. The largest absolute Gasteiger partial charge is 0.382 e. The molecule has 1 saturated carbocycles. The van der Waals surface area contributed by atoms with Crippen LogP contribution in [0.25, 0.3) is 0 Å². The van der Waals surface area contributed by atoms with Gasteiger partial charge in [-0.05, 0) is 55.8 Å². The number of hydrogen-bond acceptors (Lipinski definition) is 4. The molecule has 6 nitrogen and oxygen atoms in total. The summed E-state index contributed by atoms with van der Waals surface area (Å²) in [7, 11) is 3.65. The van der Waals surface area contributed by atoms with Crippen LogP contribution in [0.15, 0.2) is 24.3 Å². The third-order valence-electron chi connectivity index (χ3n) is 7.44. The molecule has 1 heterocycles. The highest BCUT2D eigenvalue weighted by molar-refractivity contribution is 6.30. The van der Waals surface area contributed by atoms with E-state index in [9.17, 15) is 4.79 Å². The van der Waals surface area contributed by atoms with Gasteiger partial charge in [-0.25, -0.2) is 4.79 Å². The Kier molecular flexibility index (Phi) is 12.0. The number of ether oxygens (including phenoxy) is 2. The number of methoxy groups -OCH3 is 1. The molecule has 3 atom stereocenters. The van der Waals surface area contributed by atoms with E-state index in [2.05, 4.69) is 16.7 Å². The van der Waals surface area contributed by atoms with Crippen LogP contribution in [0, 0.1) is 11.8 Å². The minimum Gasteiger partial charge on any atom is -0.382 e. The number of rotatable bonds is 12. The Hall–Kier alpha value is -1.34. The fourth-order valence-corrected chi connectivity index (χ4v) is 5.85. The van der Waals surface area contributed by atoms with Gasteiger partial charge in [0, 0.05) is 43.7 Å². The molecule has 1 aromatic carbocycles. The Morgan fingerprint density at radius 2 is 2.00 bits per heavy atom. The van der Waals surface area contributed by atoms with Crippen molar-refractivity contribution in [1.29, 1.82) is 0 Å². The van der Waals surface area contributed by atoms with Crippen molar-refractivity contribution in [2.24, 2.45) is 11.8 Å². The van der Waals surface area contributed by atoms with E-state index in [1.165, 1.54) is 37.7 Å². The maximum Gasteiger partial charge on any atom is 0.317 e. The van der Waals surface area contributed by atoms with Crippen molar-refractivity contribution in [2.45, 2.75) is 63.3 Å². The van der Waals surface area contributed by atoms with Gasteiger partial charge in [-0.3, -0.25) is 0 Å². The van der Waals surface area contributed by atoms with E-state index >= 15 is 0 Å². The van der Waals surface area contributed by atoms with Crippen LogP contribution in [0.1, 0.15) is 62.8 Å². The maximum absolute atomic E-state index is 13.3. The second-order valence-corrected chi connectivity index (χ2v) is 10.5. The first-order chi connectivity index (χ1) is 16.6. The van der Waals surface area contributed by atoms with E-state index in [-0.39, 0.29) is 18.0 Å². The lowest BCUT2D eigenvalue weighted by Gasteiger charge is -2.38. The van der Waals surface area contributed by atoms with E-state index in [1.807, 2.05) is 30.1 Å². The summed E-state index contributed by atoms with van der Waals surface area (Å²) in [5.41, 5.74) is 1.18. The summed E-state index contributed by atoms with van der Waals surface area (Å²) in [6.07, 6.45) is 9.77. The van der Waals surface area contributed by atoms with Gasteiger partial charge in [-0.15, -0.1) is 0 Å². The van der Waals surface area contributed by atoms with Gasteiger partial charge in [0.15, 0.2) is 0 Å². The normalized spacial score (nSPS) is 21.3. The summed E-state index contributed by atoms with van der Waals surface area (Å²) in [6, 6.07) is 8.33. The number of carbonyl (C=O) groups excluding carboxylic acids is 1. The first kappa shape index (κ1) is 27.3. The van der Waals surface area contributed by atoms with Crippen molar-refractivity contribution in [1.82, 2.24) is 15.5 Å². The molecule has 2 amide bonds. The van der Waals surface area contributed by atoms with E-state index in [0.29, 0.717) is 25.7 Å². The number of likely N-dealkylation sites (N-methyl/N-ethyl adjacent to an activating group) is 1. The molecule has 0 radical (unpaired) electrons. The summed E-state index contributed by atoms with van der Waals surface area (Å²) < 4.78 is 11.1. The molecule has 2 fully saturated rings. The zero-order chi connectivity index (χ0) is 24.2. The van der Waals surface area contributed by atoms with Gasteiger partial charge in [0.2, 0.25) is 0 Å². The molecule has 0 aromatic heterocycles. The number of amides is 2. The molecule has 192 valence electrons. The van der Waals surface area contributed by atoms with Crippen LogP contribution >= 0.6 is 11.6 Å². The second kappa shape index (κ2) is 14.9. The molecule has 2 N–H and O–H groups in total. The average molecular weight is 494 g/mol. The van der Waals surface area contributed by atoms with E-state index in [0.717, 1.165) is 49.8 Å². The summed E-state index contributed by atoms with van der Waals surface area (Å²) >= 11 is 6.32. The molecule has 1 aromatic rings. The fourth-order valence-electron chi connectivity index (χ4n) is 5.65. The number of hydrogen-bond donors (Lipinski definition) is 2. The van der Waals surface area contributed by atoms with Crippen molar-refractivity contribution >= 4 is 17.6 Å². The topological polar surface area (TPSA) is 62.8 Å². The first-order valence-electron chi connectivity index (χ1n) is 13.1. The Bertz CT molecular complexity index is 729. The predicted octanol–water partition coefficient (Wildman–Crippen LogP) is 5.07. The summed E-state index contributed by atoms with van der Waals surface area (Å²) in [5, 5.41) is 7.38. The minimum absolute atomic E-state index is 0.0749. The number of halogens is 1. The predicted molar refractivity (Wildman–Crippen MR) is 139 cm³/mol. The van der Waals surface area contributed by atoms with Crippen LogP contribution in [0.2, 0.25) is 5.02 Å². The smallest absolute Gasteiger partial charge is 0.317 e. The van der Waals surface area contributed by atoms with Crippen LogP contribution in [0.5, 0.6) is 0 Å². The van der Waals surface area contributed by atoms with Gasteiger partial charge < -0.3 is 25.0 Å². The van der Waals surface area contributed by atoms with Gasteiger partial charge in [0.1, 0.15) is 0 Å². The van der Waals surface area contributed by atoms with Crippen molar-refractivity contribution in [2.75, 3.05) is 53.6 Å². The number of benzene rings is 1. The van der Waals surface area contributed by atoms with Gasteiger partial charge in [-0.1, -0.05) is 55.8 Å². The Morgan fingerprint density at radius 3 is 2.74 bits per heavy atom. The average Bonchev–Trinajstić information content (AvgIpc) is 2.85. The summed E-state index contributed by atoms with van der Waals surface area (Å²) in [4.78, 5) is 15.3. The quantitative estimate of drug-likeness (QED) is 0.399. The third kappa shape index (κ3) is 8.71. The minimum atomic E-state index is 0.0749. The molecular weight excluding hydrogens is 450 g/mol. The Balaban J connectivity index is 1.62. The highest BCUT2D eigenvalue weighted by Gasteiger charge is 2.32. The summed E-state index contributed by atoms with van der Waals surface area (Å²) in [5.74, 6) is 1.26. The molecule has 1 saturated heterocycles. The van der Waals surface area contributed by atoms with Crippen LogP contribution in [-0.4, -0.2) is 70.6 Å². The van der Waals surface area contributed by atoms with Crippen molar-refractivity contribution in [3.63, 3.8) is 0 Å². The van der Waals surface area contributed by atoms with E-state index < -0.39 is 0 Å². The number of urea groups is 1. The van der Waals surface area contributed by atoms with E-state index in [4.69, 9.17) is 21.1 Å². The zero-order valence-electron chi connectivity index (χ0n) is 21.1. The van der Waals surface area contributed by atoms with Gasteiger partial charge in [0.05, 0.1) is 19.8 Å². The van der Waals surface area contributed by atoms with Crippen LogP contribution in [0.4, 0.5) is 4.79 Å². The molecule has 0 bridgehead atoms.